The predicted octanol–water partition coefficient (Wildman–Crippen LogP) is 3.20. The molecule has 1 atom stereocenters. The average molecular weight is 547 g/mol. The minimum absolute atomic E-state index is 0. The fourth-order valence-electron chi connectivity index (χ4n) is 3.54. The second kappa shape index (κ2) is 12.0. The fraction of sp³-hybridized carbons (Fsp3) is 0.571. The van der Waals surface area contributed by atoms with Crippen molar-refractivity contribution in [3.05, 3.63) is 46.5 Å². The molecule has 0 aromatic carbocycles. The van der Waals surface area contributed by atoms with Crippen LogP contribution in [0.2, 0.25) is 0 Å². The Labute approximate surface area is 198 Å². The predicted molar refractivity (Wildman–Crippen MR) is 128 cm³/mol. The molecule has 0 amide bonds. The van der Waals surface area contributed by atoms with Gasteiger partial charge in [0.2, 0.25) is 0 Å². The Kier molecular flexibility index (Phi) is 9.44. The van der Waals surface area contributed by atoms with E-state index < -0.39 is 5.79 Å². The molecular weight excluding hydrogens is 517 g/mol. The molecule has 0 saturated carbocycles. The lowest BCUT2D eigenvalue weighted by molar-refractivity contribution is -0.210. The second-order valence-corrected chi connectivity index (χ2v) is 8.31. The van der Waals surface area contributed by atoms with Crippen molar-refractivity contribution in [3.63, 3.8) is 0 Å². The Hall–Kier alpha value is -1.14. The summed E-state index contributed by atoms with van der Waals surface area (Å²) in [5.41, 5.74) is 0. The van der Waals surface area contributed by atoms with E-state index >= 15 is 0 Å². The van der Waals surface area contributed by atoms with E-state index in [0.717, 1.165) is 50.5 Å². The first kappa shape index (κ1) is 23.5. The normalized spacial score (nSPS) is 20.8. The van der Waals surface area contributed by atoms with Crippen molar-refractivity contribution in [1.29, 1.82) is 0 Å². The molecule has 1 spiro atoms. The summed E-state index contributed by atoms with van der Waals surface area (Å²) in [7, 11) is 0. The maximum Gasteiger partial charge on any atom is 0.191 e. The van der Waals surface area contributed by atoms with Crippen LogP contribution in [0.4, 0.5) is 0 Å². The molecule has 7 nitrogen and oxygen atoms in total. The molecule has 4 heterocycles. The van der Waals surface area contributed by atoms with Gasteiger partial charge in [0, 0.05) is 37.2 Å². The standard InChI is InChI=1S/C21H29N3O4S.HI/c1-3-17(26-11-1)5-9-22-20(23-10-6-19-4-2-14-29-19)24-15-18-16-27-21(28-18)7-12-25-13-8-21;/h1-4,11,14,18H,5-10,12-13,15-16H2,(H2,22,23,24);1H. The molecule has 2 aromatic heterocycles. The van der Waals surface area contributed by atoms with Crippen LogP contribution in [0.1, 0.15) is 23.5 Å². The highest BCUT2D eigenvalue weighted by molar-refractivity contribution is 14.0. The molecule has 2 aliphatic heterocycles. The Balaban J connectivity index is 0.00000256. The summed E-state index contributed by atoms with van der Waals surface area (Å²) in [5.74, 6) is 1.30. The van der Waals surface area contributed by atoms with E-state index in [1.54, 1.807) is 17.6 Å². The highest BCUT2D eigenvalue weighted by Crippen LogP contribution is 2.33. The molecule has 2 aromatic rings. The number of nitrogens with one attached hydrogen (secondary N) is 2. The maximum absolute atomic E-state index is 6.19. The molecule has 2 saturated heterocycles. The first-order chi connectivity index (χ1) is 14.3. The van der Waals surface area contributed by atoms with Crippen LogP contribution < -0.4 is 10.6 Å². The number of halogens is 1. The van der Waals surface area contributed by atoms with Gasteiger partial charge in [0.15, 0.2) is 11.7 Å². The summed E-state index contributed by atoms with van der Waals surface area (Å²) in [6.45, 7) is 4.12. The molecule has 2 N–H and O–H groups in total. The number of guanidine groups is 1. The molecular formula is C21H30IN3O4S. The van der Waals surface area contributed by atoms with Crippen LogP contribution >= 0.6 is 35.3 Å². The zero-order valence-corrected chi connectivity index (χ0v) is 20.2. The minimum atomic E-state index is -0.460. The van der Waals surface area contributed by atoms with E-state index in [1.807, 2.05) is 12.1 Å². The lowest BCUT2D eigenvalue weighted by Gasteiger charge is -2.31. The van der Waals surface area contributed by atoms with Crippen molar-refractivity contribution in [1.82, 2.24) is 10.6 Å². The summed E-state index contributed by atoms with van der Waals surface area (Å²) >= 11 is 1.78. The first-order valence-electron chi connectivity index (χ1n) is 10.3. The van der Waals surface area contributed by atoms with Crippen LogP contribution in [0, 0.1) is 0 Å². The highest BCUT2D eigenvalue weighted by Gasteiger charge is 2.42. The van der Waals surface area contributed by atoms with Crippen molar-refractivity contribution in [2.24, 2.45) is 4.99 Å². The van der Waals surface area contributed by atoms with Crippen molar-refractivity contribution < 1.29 is 18.6 Å². The van der Waals surface area contributed by atoms with E-state index in [2.05, 4.69) is 28.1 Å². The van der Waals surface area contributed by atoms with Gasteiger partial charge in [-0.2, -0.15) is 0 Å². The monoisotopic (exact) mass is 547 g/mol. The molecule has 4 rings (SSSR count). The number of rotatable bonds is 8. The van der Waals surface area contributed by atoms with Gasteiger partial charge in [0.05, 0.1) is 32.6 Å². The summed E-state index contributed by atoms with van der Waals surface area (Å²) < 4.78 is 23.0. The van der Waals surface area contributed by atoms with E-state index in [4.69, 9.17) is 23.6 Å². The summed E-state index contributed by atoms with van der Waals surface area (Å²) in [5, 5.41) is 8.94. The number of aliphatic imine (C=N–C) groups is 1. The van der Waals surface area contributed by atoms with Gasteiger partial charge in [0.25, 0.3) is 0 Å². The summed E-state index contributed by atoms with van der Waals surface area (Å²) in [6.07, 6.45) is 5.05. The largest absolute Gasteiger partial charge is 0.469 e. The minimum Gasteiger partial charge on any atom is -0.469 e. The molecule has 30 heavy (non-hydrogen) atoms. The van der Waals surface area contributed by atoms with Gasteiger partial charge in [-0.05, 0) is 30.0 Å². The van der Waals surface area contributed by atoms with Gasteiger partial charge < -0.3 is 29.3 Å². The number of nitrogens with zero attached hydrogens (tertiary/aromatic N) is 1. The summed E-state index contributed by atoms with van der Waals surface area (Å²) in [4.78, 5) is 6.11. The molecule has 2 aliphatic rings. The van der Waals surface area contributed by atoms with E-state index in [0.29, 0.717) is 26.4 Å². The molecule has 0 aliphatic carbocycles. The van der Waals surface area contributed by atoms with E-state index in [-0.39, 0.29) is 30.1 Å². The van der Waals surface area contributed by atoms with Crippen LogP contribution in [-0.2, 0) is 27.1 Å². The number of thiophene rings is 1. The second-order valence-electron chi connectivity index (χ2n) is 7.28. The van der Waals surface area contributed by atoms with Gasteiger partial charge in [0.1, 0.15) is 11.9 Å². The Morgan fingerprint density at radius 1 is 1.13 bits per heavy atom. The van der Waals surface area contributed by atoms with Gasteiger partial charge in [-0.15, -0.1) is 35.3 Å². The quantitative estimate of drug-likeness (QED) is 0.301. The topological polar surface area (TPSA) is 77.3 Å². The van der Waals surface area contributed by atoms with Crippen LogP contribution in [0.5, 0.6) is 0 Å². The smallest absolute Gasteiger partial charge is 0.191 e. The van der Waals surface area contributed by atoms with Crippen LogP contribution in [-0.4, -0.2) is 57.3 Å². The lowest BCUT2D eigenvalue weighted by Crippen LogP contribution is -2.40. The van der Waals surface area contributed by atoms with Gasteiger partial charge in [-0.25, -0.2) is 0 Å². The zero-order valence-electron chi connectivity index (χ0n) is 17.0. The van der Waals surface area contributed by atoms with Gasteiger partial charge in [-0.3, -0.25) is 4.99 Å². The third-order valence-electron chi connectivity index (χ3n) is 5.11. The first-order valence-corrected chi connectivity index (χ1v) is 11.2. The number of ether oxygens (including phenoxy) is 3. The van der Waals surface area contributed by atoms with Gasteiger partial charge in [-0.1, -0.05) is 6.07 Å². The molecule has 0 radical (unpaired) electrons. The Morgan fingerprint density at radius 3 is 2.70 bits per heavy atom. The van der Waals surface area contributed by atoms with E-state index in [1.165, 1.54) is 4.88 Å². The summed E-state index contributed by atoms with van der Waals surface area (Å²) in [6, 6.07) is 8.14. The molecule has 2 fully saturated rings. The van der Waals surface area contributed by atoms with Crippen LogP contribution in [0.3, 0.4) is 0 Å². The van der Waals surface area contributed by atoms with Crippen molar-refractivity contribution in [2.75, 3.05) is 39.5 Å². The number of hydrogen-bond donors (Lipinski definition) is 2. The van der Waals surface area contributed by atoms with Crippen LogP contribution in [0.15, 0.2) is 45.3 Å². The van der Waals surface area contributed by atoms with Crippen LogP contribution in [0.25, 0.3) is 0 Å². The van der Waals surface area contributed by atoms with Crippen molar-refractivity contribution in [3.8, 4) is 0 Å². The SMILES string of the molecule is I.c1coc(CCNC(=NCC2COC3(CCOCC3)O2)NCCc2cccs2)c1. The lowest BCUT2D eigenvalue weighted by atomic mass is 10.1. The Bertz CT molecular complexity index is 706. The van der Waals surface area contributed by atoms with E-state index in [9.17, 15) is 0 Å². The molecule has 9 heteroatoms. The van der Waals surface area contributed by atoms with Crippen molar-refractivity contribution >= 4 is 41.3 Å². The molecule has 1 unspecified atom stereocenters. The third-order valence-corrected chi connectivity index (χ3v) is 6.05. The Morgan fingerprint density at radius 2 is 1.97 bits per heavy atom. The maximum atomic E-state index is 6.19. The van der Waals surface area contributed by atoms with Crippen molar-refractivity contribution in [2.45, 2.75) is 37.6 Å². The fourth-order valence-corrected chi connectivity index (χ4v) is 4.25. The number of hydrogen-bond acceptors (Lipinski definition) is 6. The molecule has 0 bridgehead atoms. The van der Waals surface area contributed by atoms with Gasteiger partial charge >= 0.3 is 0 Å². The molecule has 166 valence electrons. The number of furan rings is 1. The highest BCUT2D eigenvalue weighted by atomic mass is 127. The third kappa shape index (κ3) is 6.94. The zero-order chi connectivity index (χ0) is 19.8. The average Bonchev–Trinajstić information content (AvgIpc) is 3.50.